The molecule has 0 spiro atoms. The largest absolute Gasteiger partial charge is 0.325 e. The molecule has 0 saturated carbocycles. The van der Waals surface area contributed by atoms with Gasteiger partial charge in [0.05, 0.1) is 22.6 Å². The van der Waals surface area contributed by atoms with Crippen LogP contribution in [-0.2, 0) is 5.92 Å². The second-order valence-electron chi connectivity index (χ2n) is 2.18. The van der Waals surface area contributed by atoms with Gasteiger partial charge in [-0.3, -0.25) is 0 Å². The molecule has 0 bridgehead atoms. The molecule has 5 heteroatoms. The van der Waals surface area contributed by atoms with Crippen molar-refractivity contribution >= 4 is 11.3 Å². The summed E-state index contributed by atoms with van der Waals surface area (Å²) in [6.45, 7) is 0.894. The maximum Gasteiger partial charge on any atom is 0.295 e. The van der Waals surface area contributed by atoms with E-state index in [9.17, 15) is 8.78 Å². The molecule has 0 aliphatic carbocycles. The Labute approximate surface area is 67.1 Å². The van der Waals surface area contributed by atoms with E-state index in [1.807, 2.05) is 0 Å². The maximum absolute atomic E-state index is 12.8. The highest BCUT2D eigenvalue weighted by atomic mass is 32.1. The summed E-state index contributed by atoms with van der Waals surface area (Å²) in [5.74, 6) is -2.91. The van der Waals surface area contributed by atoms with E-state index in [0.29, 0.717) is 5.69 Å². The van der Waals surface area contributed by atoms with E-state index >= 15 is 0 Å². The number of hydrogen-bond acceptors (Lipinski definition) is 3. The molecule has 0 unspecified atom stereocenters. The number of aryl methyl sites for hydroxylation is 1. The van der Waals surface area contributed by atoms with E-state index in [1.54, 1.807) is 6.92 Å². The third kappa shape index (κ3) is 1.54. The van der Waals surface area contributed by atoms with Gasteiger partial charge in [-0.2, -0.15) is 8.78 Å². The maximum atomic E-state index is 12.8. The van der Waals surface area contributed by atoms with Gasteiger partial charge in [0, 0.05) is 0 Å². The molecule has 1 rings (SSSR count). The van der Waals surface area contributed by atoms with Gasteiger partial charge in [-0.1, -0.05) is 0 Å². The van der Waals surface area contributed by atoms with Crippen LogP contribution in [0.25, 0.3) is 0 Å². The highest BCUT2D eigenvalue weighted by Crippen LogP contribution is 2.31. The van der Waals surface area contributed by atoms with Crippen molar-refractivity contribution in [2.24, 2.45) is 5.73 Å². The van der Waals surface area contributed by atoms with Crippen molar-refractivity contribution < 1.29 is 8.78 Å². The molecule has 0 fully saturated rings. The van der Waals surface area contributed by atoms with Crippen molar-refractivity contribution in [1.82, 2.24) is 4.98 Å². The zero-order valence-electron chi connectivity index (χ0n) is 5.97. The Morgan fingerprint density at radius 2 is 2.36 bits per heavy atom. The van der Waals surface area contributed by atoms with Crippen molar-refractivity contribution in [3.8, 4) is 0 Å². The molecule has 0 saturated heterocycles. The second-order valence-corrected chi connectivity index (χ2v) is 3.03. The minimum atomic E-state index is -2.91. The van der Waals surface area contributed by atoms with Gasteiger partial charge in [-0.05, 0) is 6.92 Å². The van der Waals surface area contributed by atoms with Crippen LogP contribution >= 0.6 is 11.3 Å². The number of halogens is 2. The standard InChI is InChI=1S/C6H8F2N2S/c1-4-5(11-3-10-4)6(7,8)2-9/h3H,2,9H2,1H3. The molecule has 11 heavy (non-hydrogen) atoms. The van der Waals surface area contributed by atoms with Crippen molar-refractivity contribution in [3.05, 3.63) is 16.1 Å². The zero-order valence-corrected chi connectivity index (χ0v) is 6.79. The summed E-state index contributed by atoms with van der Waals surface area (Å²) < 4.78 is 25.6. The zero-order chi connectivity index (χ0) is 8.48. The summed E-state index contributed by atoms with van der Waals surface area (Å²) >= 11 is 0.940. The molecule has 0 aliphatic rings. The minimum Gasteiger partial charge on any atom is -0.325 e. The predicted octanol–water partition coefficient (Wildman–Crippen LogP) is 1.50. The van der Waals surface area contributed by atoms with Gasteiger partial charge in [-0.15, -0.1) is 11.3 Å². The summed E-state index contributed by atoms with van der Waals surface area (Å²) in [6.07, 6.45) is 0. The first kappa shape index (κ1) is 8.55. The van der Waals surface area contributed by atoms with Gasteiger partial charge >= 0.3 is 0 Å². The van der Waals surface area contributed by atoms with E-state index in [2.05, 4.69) is 4.98 Å². The first-order valence-corrected chi connectivity index (χ1v) is 3.94. The average Bonchev–Trinajstić information content (AvgIpc) is 2.36. The lowest BCUT2D eigenvalue weighted by atomic mass is 10.2. The Morgan fingerprint density at radius 3 is 2.73 bits per heavy atom. The highest BCUT2D eigenvalue weighted by Gasteiger charge is 2.33. The minimum absolute atomic E-state index is 0.0278. The third-order valence-corrected chi connectivity index (χ3v) is 2.37. The summed E-state index contributed by atoms with van der Waals surface area (Å²) in [5, 5.41) is 0. The summed E-state index contributed by atoms with van der Waals surface area (Å²) in [4.78, 5) is 3.69. The Bertz CT molecular complexity index is 246. The van der Waals surface area contributed by atoms with Gasteiger partial charge in [0.15, 0.2) is 0 Å². The first-order chi connectivity index (χ1) is 5.08. The molecule has 0 radical (unpaired) electrons. The molecule has 0 atom stereocenters. The predicted molar refractivity (Wildman–Crippen MR) is 39.8 cm³/mol. The van der Waals surface area contributed by atoms with Gasteiger partial charge < -0.3 is 5.73 Å². The first-order valence-electron chi connectivity index (χ1n) is 3.06. The van der Waals surface area contributed by atoms with Crippen LogP contribution < -0.4 is 5.73 Å². The van der Waals surface area contributed by atoms with Crippen LogP contribution in [0.3, 0.4) is 0 Å². The number of alkyl halides is 2. The van der Waals surface area contributed by atoms with Crippen LogP contribution in [-0.4, -0.2) is 11.5 Å². The molecular formula is C6H8F2N2S. The van der Waals surface area contributed by atoms with Crippen molar-refractivity contribution in [2.45, 2.75) is 12.8 Å². The molecule has 0 aliphatic heterocycles. The van der Waals surface area contributed by atoms with Crippen molar-refractivity contribution in [1.29, 1.82) is 0 Å². The fraction of sp³-hybridized carbons (Fsp3) is 0.500. The average molecular weight is 178 g/mol. The molecule has 2 N–H and O–H groups in total. The van der Waals surface area contributed by atoms with Gasteiger partial charge in [0.1, 0.15) is 0 Å². The lowest BCUT2D eigenvalue weighted by Gasteiger charge is -2.11. The fourth-order valence-electron chi connectivity index (χ4n) is 0.746. The van der Waals surface area contributed by atoms with E-state index < -0.39 is 12.5 Å². The van der Waals surface area contributed by atoms with E-state index in [0.717, 1.165) is 11.3 Å². The third-order valence-electron chi connectivity index (χ3n) is 1.33. The van der Waals surface area contributed by atoms with Gasteiger partial charge in [0.25, 0.3) is 5.92 Å². The monoisotopic (exact) mass is 178 g/mol. The number of nitrogens with two attached hydrogens (primary N) is 1. The number of nitrogens with zero attached hydrogens (tertiary/aromatic N) is 1. The van der Waals surface area contributed by atoms with Gasteiger partial charge in [0.2, 0.25) is 0 Å². The Balaban J connectivity index is 3.00. The smallest absolute Gasteiger partial charge is 0.295 e. The van der Waals surface area contributed by atoms with E-state index in [-0.39, 0.29) is 4.88 Å². The number of rotatable bonds is 2. The second kappa shape index (κ2) is 2.83. The van der Waals surface area contributed by atoms with Crippen LogP contribution in [0.15, 0.2) is 5.51 Å². The molecule has 1 aromatic rings. The Morgan fingerprint density at radius 1 is 1.73 bits per heavy atom. The molecule has 62 valence electrons. The SMILES string of the molecule is Cc1ncsc1C(F)(F)CN. The van der Waals surface area contributed by atoms with Crippen LogP contribution in [0.4, 0.5) is 8.78 Å². The number of thiazole rings is 1. The number of hydrogen-bond donors (Lipinski definition) is 1. The molecule has 1 aromatic heterocycles. The van der Waals surface area contributed by atoms with Crippen LogP contribution in [0.5, 0.6) is 0 Å². The van der Waals surface area contributed by atoms with Crippen molar-refractivity contribution in [3.63, 3.8) is 0 Å². The highest BCUT2D eigenvalue weighted by molar-refractivity contribution is 7.09. The molecule has 0 amide bonds. The summed E-state index contributed by atoms with van der Waals surface area (Å²) in [6, 6.07) is 0. The molecule has 0 aromatic carbocycles. The quantitative estimate of drug-likeness (QED) is 0.745. The molecule has 1 heterocycles. The van der Waals surface area contributed by atoms with Crippen LogP contribution in [0.2, 0.25) is 0 Å². The lowest BCUT2D eigenvalue weighted by Crippen LogP contribution is -2.24. The summed E-state index contributed by atoms with van der Waals surface area (Å²) in [5.41, 5.74) is 6.66. The molecular weight excluding hydrogens is 170 g/mol. The van der Waals surface area contributed by atoms with Gasteiger partial charge in [-0.25, -0.2) is 4.98 Å². The Hall–Kier alpha value is -0.550. The van der Waals surface area contributed by atoms with E-state index in [1.165, 1.54) is 5.51 Å². The lowest BCUT2D eigenvalue weighted by molar-refractivity contribution is 0.00907. The normalized spacial score (nSPS) is 12.0. The topological polar surface area (TPSA) is 38.9 Å². The summed E-state index contributed by atoms with van der Waals surface area (Å²) in [7, 11) is 0. The number of aromatic nitrogens is 1. The van der Waals surface area contributed by atoms with E-state index in [4.69, 9.17) is 5.73 Å². The Kier molecular flexibility index (Phi) is 2.20. The fourth-order valence-corrected chi connectivity index (χ4v) is 1.54. The van der Waals surface area contributed by atoms with Crippen molar-refractivity contribution in [2.75, 3.05) is 6.54 Å². The van der Waals surface area contributed by atoms with Crippen LogP contribution in [0, 0.1) is 6.92 Å². The molecule has 2 nitrogen and oxygen atoms in total. The van der Waals surface area contributed by atoms with Crippen LogP contribution in [0.1, 0.15) is 10.6 Å².